The van der Waals surface area contributed by atoms with Crippen molar-refractivity contribution in [3.63, 3.8) is 0 Å². The lowest BCUT2D eigenvalue weighted by Crippen LogP contribution is -2.49. The highest BCUT2D eigenvalue weighted by Crippen LogP contribution is 2.36. The zero-order chi connectivity index (χ0) is 25.4. The average molecular weight is 523 g/mol. The Labute approximate surface area is 214 Å². The van der Waals surface area contributed by atoms with Crippen LogP contribution in [-0.2, 0) is 14.3 Å². The van der Waals surface area contributed by atoms with Gasteiger partial charge in [-0.05, 0) is 36.5 Å². The van der Waals surface area contributed by atoms with Crippen LogP contribution >= 0.6 is 23.8 Å². The molecule has 1 aliphatic rings. The van der Waals surface area contributed by atoms with Gasteiger partial charge in [0.1, 0.15) is 36.4 Å². The molecule has 0 radical (unpaired) electrons. The van der Waals surface area contributed by atoms with E-state index in [4.69, 9.17) is 42.8 Å². The zero-order valence-electron chi connectivity index (χ0n) is 19.7. The van der Waals surface area contributed by atoms with E-state index >= 15 is 0 Å². The van der Waals surface area contributed by atoms with Crippen molar-refractivity contribution in [1.82, 2.24) is 4.90 Å². The number of rotatable bonds is 9. The molecule has 2 aromatic carbocycles. The van der Waals surface area contributed by atoms with Crippen molar-refractivity contribution >= 4 is 46.4 Å². The van der Waals surface area contributed by atoms with Crippen molar-refractivity contribution in [2.45, 2.75) is 12.5 Å². The van der Waals surface area contributed by atoms with Crippen LogP contribution < -0.4 is 19.5 Å². The van der Waals surface area contributed by atoms with Gasteiger partial charge in [-0.3, -0.25) is 9.59 Å². The normalized spacial score (nSPS) is 15.2. The summed E-state index contributed by atoms with van der Waals surface area (Å²) in [5, 5.41) is 4.14. The van der Waals surface area contributed by atoms with Gasteiger partial charge in [0.05, 0.1) is 38.6 Å². The summed E-state index contributed by atoms with van der Waals surface area (Å²) in [6, 6.07) is 9.97. The summed E-state index contributed by atoms with van der Waals surface area (Å²) in [5.74, 6) is 0.740. The van der Waals surface area contributed by atoms with Crippen molar-refractivity contribution in [2.75, 3.05) is 52.9 Å². The SMILES string of the molecule is COC(=O)CC(=O)c1ccc(OCC2CN(C(=S)Nc3cc(OC)c(Cl)cc3OC)CCO2)cc1. The molecule has 1 aliphatic heterocycles. The Morgan fingerprint density at radius 3 is 2.51 bits per heavy atom. The van der Waals surface area contributed by atoms with Crippen LogP contribution in [0.25, 0.3) is 0 Å². The monoisotopic (exact) mass is 522 g/mol. The average Bonchev–Trinajstić information content (AvgIpc) is 2.88. The third-order valence-corrected chi connectivity index (χ3v) is 5.94. The fraction of sp³-hybridized carbons (Fsp3) is 0.375. The topological polar surface area (TPSA) is 95.6 Å². The van der Waals surface area contributed by atoms with Crippen LogP contribution in [-0.4, -0.2) is 75.5 Å². The van der Waals surface area contributed by atoms with Crippen molar-refractivity contribution in [2.24, 2.45) is 0 Å². The summed E-state index contributed by atoms with van der Waals surface area (Å²) in [7, 11) is 4.33. The standard InChI is InChI=1S/C24H27ClN2O7S/c1-30-21-11-19(22(31-2)10-18(21)25)26-24(35)27-8-9-33-17(13-27)14-34-16-6-4-15(5-7-16)20(28)12-23(29)32-3/h4-7,10-11,17H,8-9,12-14H2,1-3H3,(H,26,35). The lowest BCUT2D eigenvalue weighted by molar-refractivity contribution is -0.139. The second kappa shape index (κ2) is 12.6. The molecule has 2 aromatic rings. The molecule has 1 atom stereocenters. The van der Waals surface area contributed by atoms with Gasteiger partial charge in [-0.25, -0.2) is 0 Å². The maximum absolute atomic E-state index is 12.0. The summed E-state index contributed by atoms with van der Waals surface area (Å²) in [4.78, 5) is 25.3. The van der Waals surface area contributed by atoms with Crippen molar-refractivity contribution in [1.29, 1.82) is 0 Å². The Morgan fingerprint density at radius 1 is 1.14 bits per heavy atom. The molecule has 1 unspecified atom stereocenters. The van der Waals surface area contributed by atoms with Crippen LogP contribution in [0.15, 0.2) is 36.4 Å². The van der Waals surface area contributed by atoms with E-state index in [-0.39, 0.29) is 18.3 Å². The van der Waals surface area contributed by atoms with E-state index in [0.717, 1.165) is 0 Å². The first-order chi connectivity index (χ1) is 16.8. The molecular formula is C24H27ClN2O7S. The number of esters is 1. The molecule has 0 aromatic heterocycles. The number of hydrogen-bond donors (Lipinski definition) is 1. The Hall–Kier alpha value is -3.08. The molecule has 1 saturated heterocycles. The number of carbonyl (C=O) groups is 2. The minimum absolute atomic E-state index is 0.217. The first kappa shape index (κ1) is 26.5. The van der Waals surface area contributed by atoms with E-state index < -0.39 is 5.97 Å². The molecule has 3 rings (SSSR count). The first-order valence-corrected chi connectivity index (χ1v) is 11.5. The Balaban J connectivity index is 1.54. The molecule has 1 heterocycles. The third-order valence-electron chi connectivity index (χ3n) is 5.29. The largest absolute Gasteiger partial charge is 0.495 e. The number of anilines is 1. The first-order valence-electron chi connectivity index (χ1n) is 10.8. The molecule has 35 heavy (non-hydrogen) atoms. The second-order valence-corrected chi connectivity index (χ2v) is 8.36. The number of thiocarbonyl (C=S) groups is 1. The number of hydrogen-bond acceptors (Lipinski definition) is 8. The van der Waals surface area contributed by atoms with Gasteiger partial charge in [0, 0.05) is 30.8 Å². The predicted octanol–water partition coefficient (Wildman–Crippen LogP) is 3.58. The molecular weight excluding hydrogens is 496 g/mol. The summed E-state index contributed by atoms with van der Waals surface area (Å²) in [6.07, 6.45) is -0.517. The molecule has 188 valence electrons. The molecule has 1 fully saturated rings. The van der Waals surface area contributed by atoms with E-state index in [1.807, 2.05) is 4.90 Å². The van der Waals surface area contributed by atoms with Gasteiger partial charge < -0.3 is 33.9 Å². The number of ketones is 1. The van der Waals surface area contributed by atoms with Gasteiger partial charge in [0.25, 0.3) is 0 Å². The number of ether oxygens (including phenoxy) is 5. The van der Waals surface area contributed by atoms with E-state index in [1.165, 1.54) is 14.2 Å². The Morgan fingerprint density at radius 2 is 1.86 bits per heavy atom. The van der Waals surface area contributed by atoms with E-state index in [1.54, 1.807) is 43.5 Å². The predicted molar refractivity (Wildman–Crippen MR) is 135 cm³/mol. The molecule has 0 amide bonds. The Bertz CT molecular complexity index is 1060. The van der Waals surface area contributed by atoms with Gasteiger partial charge in [-0.1, -0.05) is 11.6 Å². The van der Waals surface area contributed by atoms with Crippen LogP contribution in [0.4, 0.5) is 5.69 Å². The third kappa shape index (κ3) is 7.20. The molecule has 0 saturated carbocycles. The van der Waals surface area contributed by atoms with Crippen LogP contribution in [0.2, 0.25) is 5.02 Å². The zero-order valence-corrected chi connectivity index (χ0v) is 21.2. The van der Waals surface area contributed by atoms with Gasteiger partial charge in [0.15, 0.2) is 10.9 Å². The van der Waals surface area contributed by atoms with Crippen LogP contribution in [0.5, 0.6) is 17.2 Å². The molecule has 1 N–H and O–H groups in total. The number of morpholine rings is 1. The lowest BCUT2D eigenvalue weighted by atomic mass is 10.1. The van der Waals surface area contributed by atoms with Gasteiger partial charge in [-0.15, -0.1) is 0 Å². The van der Waals surface area contributed by atoms with E-state index in [0.29, 0.717) is 64.9 Å². The van der Waals surface area contributed by atoms with E-state index in [9.17, 15) is 9.59 Å². The highest BCUT2D eigenvalue weighted by molar-refractivity contribution is 7.80. The molecule has 0 aliphatic carbocycles. The smallest absolute Gasteiger partial charge is 0.313 e. The minimum Gasteiger partial charge on any atom is -0.495 e. The number of benzene rings is 2. The summed E-state index contributed by atoms with van der Waals surface area (Å²) in [6.45, 7) is 1.92. The van der Waals surface area contributed by atoms with Crippen LogP contribution in [0.3, 0.4) is 0 Å². The fourth-order valence-electron chi connectivity index (χ4n) is 3.39. The fourth-order valence-corrected chi connectivity index (χ4v) is 3.90. The number of carbonyl (C=O) groups excluding carboxylic acids is 2. The Kier molecular flexibility index (Phi) is 9.53. The highest BCUT2D eigenvalue weighted by atomic mass is 35.5. The maximum atomic E-state index is 12.0. The minimum atomic E-state index is -0.574. The number of halogens is 1. The van der Waals surface area contributed by atoms with Gasteiger partial charge in [0.2, 0.25) is 0 Å². The molecule has 9 nitrogen and oxygen atoms in total. The summed E-state index contributed by atoms with van der Waals surface area (Å²) < 4.78 is 26.9. The highest BCUT2D eigenvalue weighted by Gasteiger charge is 2.24. The van der Waals surface area contributed by atoms with Crippen LogP contribution in [0, 0.1) is 0 Å². The van der Waals surface area contributed by atoms with Crippen molar-refractivity contribution in [3.05, 3.63) is 47.0 Å². The lowest BCUT2D eigenvalue weighted by Gasteiger charge is -2.34. The van der Waals surface area contributed by atoms with Crippen molar-refractivity contribution < 1.29 is 33.3 Å². The van der Waals surface area contributed by atoms with Gasteiger partial charge in [-0.2, -0.15) is 0 Å². The molecule has 0 bridgehead atoms. The van der Waals surface area contributed by atoms with Crippen LogP contribution in [0.1, 0.15) is 16.8 Å². The summed E-state index contributed by atoms with van der Waals surface area (Å²) >= 11 is 11.8. The quantitative estimate of drug-likeness (QED) is 0.228. The molecule has 0 spiro atoms. The van der Waals surface area contributed by atoms with Gasteiger partial charge >= 0.3 is 5.97 Å². The summed E-state index contributed by atoms with van der Waals surface area (Å²) in [5.41, 5.74) is 1.05. The molecule has 11 heteroatoms. The number of methoxy groups -OCH3 is 3. The second-order valence-electron chi connectivity index (χ2n) is 7.57. The number of nitrogens with one attached hydrogen (secondary N) is 1. The van der Waals surface area contributed by atoms with Crippen molar-refractivity contribution in [3.8, 4) is 17.2 Å². The number of Topliss-reactive ketones (excluding diaryl/α,β-unsaturated/α-hetero) is 1. The van der Waals surface area contributed by atoms with E-state index in [2.05, 4.69) is 10.1 Å². The number of nitrogens with zero attached hydrogens (tertiary/aromatic N) is 1. The maximum Gasteiger partial charge on any atom is 0.313 e.